The lowest BCUT2D eigenvalue weighted by molar-refractivity contribution is -0.113. The molecule has 1 N–H and O–H groups in total. The van der Waals surface area contributed by atoms with E-state index in [4.69, 9.17) is 9.47 Å². The first-order valence-corrected chi connectivity index (χ1v) is 10.5. The molecule has 7 heteroatoms. The predicted molar refractivity (Wildman–Crippen MR) is 110 cm³/mol. The van der Waals surface area contributed by atoms with Gasteiger partial charge < -0.3 is 14.8 Å². The highest BCUT2D eigenvalue weighted by Gasteiger charge is 2.14. The number of anilines is 1. The van der Waals surface area contributed by atoms with Gasteiger partial charge in [0.25, 0.3) is 0 Å². The molecule has 2 aromatic carbocycles. The van der Waals surface area contributed by atoms with Gasteiger partial charge in [0, 0.05) is 28.5 Å². The summed E-state index contributed by atoms with van der Waals surface area (Å²) < 4.78 is 10.6. The van der Waals surface area contributed by atoms with Gasteiger partial charge in [-0.1, -0.05) is 29.8 Å². The number of aromatic nitrogens is 1. The van der Waals surface area contributed by atoms with Gasteiger partial charge in [0.2, 0.25) is 12.7 Å². The maximum atomic E-state index is 12.1. The quantitative estimate of drug-likeness (QED) is 0.651. The van der Waals surface area contributed by atoms with Gasteiger partial charge in [-0.3, -0.25) is 4.79 Å². The number of rotatable bonds is 6. The summed E-state index contributed by atoms with van der Waals surface area (Å²) in [4.78, 5) is 16.8. The van der Waals surface area contributed by atoms with E-state index in [1.165, 1.54) is 5.56 Å². The summed E-state index contributed by atoms with van der Waals surface area (Å²) in [5, 5.41) is 5.94. The second-order valence-corrected chi connectivity index (χ2v) is 7.96. The number of aryl methyl sites for hydroxylation is 1. The number of carbonyl (C=O) groups is 1. The lowest BCUT2D eigenvalue weighted by Crippen LogP contribution is -2.14. The Hall–Kier alpha value is -2.51. The molecule has 27 heavy (non-hydrogen) atoms. The molecule has 0 aliphatic carbocycles. The van der Waals surface area contributed by atoms with Gasteiger partial charge in [0.15, 0.2) is 11.5 Å². The predicted octanol–water partition coefficient (Wildman–Crippen LogP) is 4.72. The molecule has 0 fully saturated rings. The standard InChI is InChI=1S/C20H18N2O3S2/c1-13-2-4-14(5-3-13)20-22-16(10-27-20)9-26-11-19(23)21-15-6-7-17-18(8-15)25-12-24-17/h2-8,10H,9,11-12H2,1H3,(H,21,23). The number of hydrogen-bond acceptors (Lipinski definition) is 6. The Kier molecular flexibility index (Phi) is 5.31. The maximum absolute atomic E-state index is 12.1. The van der Waals surface area contributed by atoms with Crippen LogP contribution in [0, 0.1) is 6.92 Å². The fourth-order valence-corrected chi connectivity index (χ4v) is 4.27. The van der Waals surface area contributed by atoms with Gasteiger partial charge in [-0.05, 0) is 19.1 Å². The van der Waals surface area contributed by atoms with Crippen molar-refractivity contribution in [2.24, 2.45) is 0 Å². The third-order valence-electron chi connectivity index (χ3n) is 3.99. The number of nitrogens with one attached hydrogen (secondary N) is 1. The van der Waals surface area contributed by atoms with E-state index in [0.29, 0.717) is 28.7 Å². The van der Waals surface area contributed by atoms with Crippen molar-refractivity contribution in [2.75, 3.05) is 17.9 Å². The van der Waals surface area contributed by atoms with Crippen molar-refractivity contribution in [2.45, 2.75) is 12.7 Å². The van der Waals surface area contributed by atoms with E-state index < -0.39 is 0 Å². The maximum Gasteiger partial charge on any atom is 0.234 e. The fourth-order valence-electron chi connectivity index (χ4n) is 2.62. The van der Waals surface area contributed by atoms with Crippen LogP contribution in [0.4, 0.5) is 5.69 Å². The summed E-state index contributed by atoms with van der Waals surface area (Å²) in [6, 6.07) is 13.7. The van der Waals surface area contributed by atoms with E-state index in [2.05, 4.69) is 46.9 Å². The van der Waals surface area contributed by atoms with Crippen LogP contribution in [0.25, 0.3) is 10.6 Å². The van der Waals surface area contributed by atoms with Crippen molar-refractivity contribution in [1.82, 2.24) is 4.98 Å². The Bertz CT molecular complexity index is 954. The molecule has 5 nitrogen and oxygen atoms in total. The Morgan fingerprint density at radius 2 is 2.00 bits per heavy atom. The van der Waals surface area contributed by atoms with Gasteiger partial charge in [0.1, 0.15) is 5.01 Å². The summed E-state index contributed by atoms with van der Waals surface area (Å²) in [7, 11) is 0. The number of carbonyl (C=O) groups excluding carboxylic acids is 1. The monoisotopic (exact) mass is 398 g/mol. The van der Waals surface area contributed by atoms with Crippen LogP contribution < -0.4 is 14.8 Å². The van der Waals surface area contributed by atoms with Crippen LogP contribution in [0.15, 0.2) is 47.8 Å². The largest absolute Gasteiger partial charge is 0.454 e. The molecule has 0 atom stereocenters. The highest BCUT2D eigenvalue weighted by molar-refractivity contribution is 7.99. The number of thioether (sulfide) groups is 1. The van der Waals surface area contributed by atoms with Gasteiger partial charge in [-0.2, -0.15) is 0 Å². The first-order chi connectivity index (χ1) is 13.2. The van der Waals surface area contributed by atoms with Crippen LogP contribution in [0.5, 0.6) is 11.5 Å². The molecule has 0 saturated carbocycles. The minimum atomic E-state index is -0.0483. The van der Waals surface area contributed by atoms with Crippen LogP contribution in [-0.2, 0) is 10.5 Å². The SMILES string of the molecule is Cc1ccc(-c2nc(CSCC(=O)Nc3ccc4c(c3)OCO4)cs2)cc1. The molecule has 2 heterocycles. The Morgan fingerprint density at radius 3 is 2.85 bits per heavy atom. The Balaban J connectivity index is 1.27. The molecule has 0 radical (unpaired) electrons. The molecule has 1 aliphatic rings. The van der Waals surface area contributed by atoms with Crippen LogP contribution >= 0.6 is 23.1 Å². The van der Waals surface area contributed by atoms with Crippen molar-refractivity contribution in [1.29, 1.82) is 0 Å². The molecular formula is C20H18N2O3S2. The second-order valence-electron chi connectivity index (χ2n) is 6.12. The fraction of sp³-hybridized carbons (Fsp3) is 0.200. The highest BCUT2D eigenvalue weighted by Crippen LogP contribution is 2.34. The van der Waals surface area contributed by atoms with Gasteiger partial charge in [-0.25, -0.2) is 4.98 Å². The number of thiazole rings is 1. The minimum absolute atomic E-state index is 0.0483. The molecule has 3 aromatic rings. The zero-order valence-corrected chi connectivity index (χ0v) is 16.4. The third kappa shape index (κ3) is 4.43. The summed E-state index contributed by atoms with van der Waals surface area (Å²) in [5.41, 5.74) is 4.07. The molecule has 1 aromatic heterocycles. The van der Waals surface area contributed by atoms with Crippen molar-refractivity contribution >= 4 is 34.7 Å². The van der Waals surface area contributed by atoms with Crippen LogP contribution in [-0.4, -0.2) is 23.4 Å². The number of benzene rings is 2. The zero-order valence-electron chi connectivity index (χ0n) is 14.7. The van der Waals surface area contributed by atoms with E-state index in [9.17, 15) is 4.79 Å². The lowest BCUT2D eigenvalue weighted by Gasteiger charge is -2.05. The van der Waals surface area contributed by atoms with Crippen LogP contribution in [0.3, 0.4) is 0 Å². The van der Waals surface area contributed by atoms with E-state index in [1.54, 1.807) is 35.2 Å². The molecule has 0 unspecified atom stereocenters. The molecule has 1 amide bonds. The second kappa shape index (κ2) is 8.02. The van der Waals surface area contributed by atoms with E-state index in [0.717, 1.165) is 16.3 Å². The minimum Gasteiger partial charge on any atom is -0.454 e. The van der Waals surface area contributed by atoms with Crippen molar-refractivity contribution in [3.05, 3.63) is 59.1 Å². The van der Waals surface area contributed by atoms with Crippen LogP contribution in [0.1, 0.15) is 11.3 Å². The van der Waals surface area contributed by atoms with Gasteiger partial charge >= 0.3 is 0 Å². The van der Waals surface area contributed by atoms with Crippen molar-refractivity contribution in [3.63, 3.8) is 0 Å². The number of amides is 1. The lowest BCUT2D eigenvalue weighted by atomic mass is 10.2. The van der Waals surface area contributed by atoms with Crippen molar-refractivity contribution in [3.8, 4) is 22.1 Å². The van der Waals surface area contributed by atoms with Gasteiger partial charge in [0.05, 0.1) is 11.4 Å². The summed E-state index contributed by atoms with van der Waals surface area (Å²) in [5.74, 6) is 2.39. The highest BCUT2D eigenvalue weighted by atomic mass is 32.2. The molecule has 1 aliphatic heterocycles. The smallest absolute Gasteiger partial charge is 0.234 e. The van der Waals surface area contributed by atoms with E-state index in [-0.39, 0.29) is 12.7 Å². The molecule has 4 rings (SSSR count). The summed E-state index contributed by atoms with van der Waals surface area (Å²) >= 11 is 3.18. The number of fused-ring (bicyclic) bond motifs is 1. The van der Waals surface area contributed by atoms with Crippen molar-refractivity contribution < 1.29 is 14.3 Å². The average Bonchev–Trinajstić information content (AvgIpc) is 3.31. The number of ether oxygens (including phenoxy) is 2. The Morgan fingerprint density at radius 1 is 1.19 bits per heavy atom. The first-order valence-electron chi connectivity index (χ1n) is 8.46. The number of hydrogen-bond donors (Lipinski definition) is 1. The molecule has 0 bridgehead atoms. The molecule has 138 valence electrons. The van der Waals surface area contributed by atoms with E-state index in [1.807, 2.05) is 6.07 Å². The molecule has 0 saturated heterocycles. The zero-order chi connectivity index (χ0) is 18.6. The van der Waals surface area contributed by atoms with Gasteiger partial charge in [-0.15, -0.1) is 23.1 Å². The summed E-state index contributed by atoms with van der Waals surface area (Å²) in [6.07, 6.45) is 0. The summed E-state index contributed by atoms with van der Waals surface area (Å²) in [6.45, 7) is 2.29. The van der Waals surface area contributed by atoms with E-state index >= 15 is 0 Å². The van der Waals surface area contributed by atoms with Crippen LogP contribution in [0.2, 0.25) is 0 Å². The molecular weight excluding hydrogens is 380 g/mol. The normalized spacial score (nSPS) is 12.2. The Labute approximate surface area is 165 Å². The number of nitrogens with zero attached hydrogens (tertiary/aromatic N) is 1. The third-order valence-corrected chi connectivity index (χ3v) is 5.90. The molecule has 0 spiro atoms. The topological polar surface area (TPSA) is 60.5 Å². The first kappa shape index (κ1) is 17.9. The average molecular weight is 399 g/mol.